The molecule has 1 aromatic carbocycles. The third kappa shape index (κ3) is 5.61. The van der Waals surface area contributed by atoms with Crippen molar-refractivity contribution in [3.63, 3.8) is 0 Å². The number of aromatic nitrogens is 2. The number of likely N-dealkylation sites (tertiary alicyclic amines) is 1. The molecule has 1 aliphatic heterocycles. The standard InChI is InChI=1S/C26H33F3N4O/c1-19(17-20(2)26(27,28)29)21-9-14-33(15-10-21)16-13-30-18-23-31-24(32-34-23)25(11-6-12-25)22-7-4-3-5-8-22/h3-5,7-8,17,21,30H,1,6,9-16,18H2,2H3. The van der Waals surface area contributed by atoms with Gasteiger partial charge in [-0.2, -0.15) is 18.2 Å². The van der Waals surface area contributed by atoms with Crippen molar-refractivity contribution in [2.45, 2.75) is 57.2 Å². The number of nitrogens with zero attached hydrogens (tertiary/aromatic N) is 3. The van der Waals surface area contributed by atoms with Gasteiger partial charge < -0.3 is 14.7 Å². The minimum Gasteiger partial charge on any atom is -0.338 e. The summed E-state index contributed by atoms with van der Waals surface area (Å²) in [4.78, 5) is 7.01. The fourth-order valence-corrected chi connectivity index (χ4v) is 4.89. The van der Waals surface area contributed by atoms with E-state index in [1.165, 1.54) is 18.1 Å². The van der Waals surface area contributed by atoms with E-state index in [4.69, 9.17) is 4.52 Å². The number of nitrogens with one attached hydrogen (secondary N) is 1. The molecule has 8 heteroatoms. The van der Waals surface area contributed by atoms with E-state index < -0.39 is 11.7 Å². The zero-order valence-electron chi connectivity index (χ0n) is 19.7. The molecular formula is C26H33F3N4O. The molecule has 184 valence electrons. The second-order valence-corrected chi connectivity index (χ2v) is 9.51. The summed E-state index contributed by atoms with van der Waals surface area (Å²) in [5.74, 6) is 1.49. The van der Waals surface area contributed by atoms with Gasteiger partial charge in [0.1, 0.15) is 0 Å². The molecule has 2 heterocycles. The molecule has 0 atom stereocenters. The highest BCUT2D eigenvalue weighted by atomic mass is 19.4. The van der Waals surface area contributed by atoms with Crippen LogP contribution in [0.3, 0.4) is 0 Å². The van der Waals surface area contributed by atoms with Crippen LogP contribution in [0, 0.1) is 5.92 Å². The Kier molecular flexibility index (Phi) is 7.57. The van der Waals surface area contributed by atoms with Crippen molar-refractivity contribution >= 4 is 0 Å². The molecule has 1 saturated heterocycles. The largest absolute Gasteiger partial charge is 0.412 e. The van der Waals surface area contributed by atoms with Gasteiger partial charge in [-0.05, 0) is 57.2 Å². The lowest BCUT2D eigenvalue weighted by atomic mass is 9.64. The van der Waals surface area contributed by atoms with E-state index in [1.54, 1.807) is 0 Å². The Morgan fingerprint density at radius 2 is 1.94 bits per heavy atom. The molecule has 0 unspecified atom stereocenters. The molecule has 2 aliphatic rings. The molecule has 2 aromatic rings. The summed E-state index contributed by atoms with van der Waals surface area (Å²) < 4.78 is 43.8. The number of hydrogen-bond acceptors (Lipinski definition) is 5. The monoisotopic (exact) mass is 474 g/mol. The van der Waals surface area contributed by atoms with Crippen molar-refractivity contribution < 1.29 is 17.7 Å². The normalized spacial score (nSPS) is 19.7. The Balaban J connectivity index is 1.19. The topological polar surface area (TPSA) is 54.2 Å². The van der Waals surface area contributed by atoms with Gasteiger partial charge >= 0.3 is 6.18 Å². The fourth-order valence-electron chi connectivity index (χ4n) is 4.89. The van der Waals surface area contributed by atoms with Crippen LogP contribution in [0.15, 0.2) is 58.7 Å². The van der Waals surface area contributed by atoms with E-state index >= 15 is 0 Å². The summed E-state index contributed by atoms with van der Waals surface area (Å²) in [7, 11) is 0. The van der Waals surface area contributed by atoms with Crippen LogP contribution in [0.5, 0.6) is 0 Å². The zero-order chi connectivity index (χ0) is 24.2. The summed E-state index contributed by atoms with van der Waals surface area (Å²) in [5.41, 5.74) is 1.13. The molecular weight excluding hydrogens is 441 g/mol. The quantitative estimate of drug-likeness (QED) is 0.389. The van der Waals surface area contributed by atoms with Crippen LogP contribution in [0.1, 0.15) is 56.3 Å². The van der Waals surface area contributed by atoms with E-state index in [1.807, 2.05) is 6.07 Å². The number of hydrogen-bond donors (Lipinski definition) is 1. The molecule has 0 spiro atoms. The molecule has 1 aromatic heterocycles. The number of halogens is 3. The number of piperidine rings is 1. The third-order valence-corrected chi connectivity index (χ3v) is 7.27. The van der Waals surface area contributed by atoms with Gasteiger partial charge in [0.05, 0.1) is 12.0 Å². The minimum absolute atomic E-state index is 0.113. The van der Waals surface area contributed by atoms with Crippen LogP contribution in [-0.2, 0) is 12.0 Å². The highest BCUT2D eigenvalue weighted by molar-refractivity contribution is 5.35. The average Bonchev–Trinajstić information content (AvgIpc) is 3.25. The lowest BCUT2D eigenvalue weighted by molar-refractivity contribution is -0.0914. The van der Waals surface area contributed by atoms with Crippen LogP contribution in [0.2, 0.25) is 0 Å². The van der Waals surface area contributed by atoms with Gasteiger partial charge in [-0.3, -0.25) is 0 Å². The maximum Gasteiger partial charge on any atom is 0.412 e. The average molecular weight is 475 g/mol. The molecule has 0 amide bonds. The predicted octanol–water partition coefficient (Wildman–Crippen LogP) is 5.41. The lowest BCUT2D eigenvalue weighted by Gasteiger charge is -2.39. The number of benzene rings is 1. The Morgan fingerprint density at radius 3 is 2.56 bits per heavy atom. The second-order valence-electron chi connectivity index (χ2n) is 9.51. The Bertz CT molecular complexity index is 987. The van der Waals surface area contributed by atoms with E-state index in [-0.39, 0.29) is 11.3 Å². The zero-order valence-corrected chi connectivity index (χ0v) is 19.7. The summed E-state index contributed by atoms with van der Waals surface area (Å²) in [6, 6.07) is 10.4. The van der Waals surface area contributed by atoms with E-state index in [2.05, 4.69) is 51.2 Å². The van der Waals surface area contributed by atoms with Crippen molar-refractivity contribution in [3.05, 3.63) is 71.4 Å². The third-order valence-electron chi connectivity index (χ3n) is 7.27. The fraction of sp³-hybridized carbons (Fsp3) is 0.538. The van der Waals surface area contributed by atoms with E-state index in [0.717, 1.165) is 64.6 Å². The van der Waals surface area contributed by atoms with Gasteiger partial charge in [0, 0.05) is 18.7 Å². The molecule has 4 rings (SSSR count). The van der Waals surface area contributed by atoms with Crippen LogP contribution >= 0.6 is 0 Å². The van der Waals surface area contributed by atoms with Crippen LogP contribution in [-0.4, -0.2) is 47.4 Å². The predicted molar refractivity (Wildman–Crippen MR) is 125 cm³/mol. The first-order chi connectivity index (χ1) is 16.3. The van der Waals surface area contributed by atoms with E-state index in [0.29, 0.717) is 18.0 Å². The lowest BCUT2D eigenvalue weighted by Crippen LogP contribution is -2.38. The molecule has 0 bridgehead atoms. The molecule has 5 nitrogen and oxygen atoms in total. The SMILES string of the molecule is C=C(C=C(C)C(F)(F)F)C1CCN(CCNCc2nc(C3(c4ccccc4)CCC3)no2)CC1. The van der Waals surface area contributed by atoms with Gasteiger partial charge in [0.15, 0.2) is 5.82 Å². The van der Waals surface area contributed by atoms with Crippen molar-refractivity contribution in [1.29, 1.82) is 0 Å². The number of allylic oxidation sites excluding steroid dienone is 3. The summed E-state index contributed by atoms with van der Waals surface area (Å²) in [5, 5.41) is 7.67. The first-order valence-electron chi connectivity index (χ1n) is 12.0. The molecule has 1 saturated carbocycles. The van der Waals surface area contributed by atoms with Gasteiger partial charge in [0.2, 0.25) is 5.89 Å². The van der Waals surface area contributed by atoms with Gasteiger partial charge in [-0.25, -0.2) is 0 Å². The summed E-state index contributed by atoms with van der Waals surface area (Å²) in [6.07, 6.45) is 1.82. The highest BCUT2D eigenvalue weighted by Crippen LogP contribution is 2.47. The van der Waals surface area contributed by atoms with Crippen molar-refractivity contribution in [3.8, 4) is 0 Å². The molecule has 2 fully saturated rings. The molecule has 34 heavy (non-hydrogen) atoms. The Hall–Kier alpha value is -2.45. The summed E-state index contributed by atoms with van der Waals surface area (Å²) >= 11 is 0. The molecule has 1 N–H and O–H groups in total. The number of rotatable bonds is 9. The minimum atomic E-state index is -4.28. The molecule has 0 radical (unpaired) electrons. The summed E-state index contributed by atoms with van der Waals surface area (Å²) in [6.45, 7) is 8.86. The maximum absolute atomic E-state index is 12.8. The Labute approximate surface area is 199 Å². The first kappa shape index (κ1) is 24.7. The highest BCUT2D eigenvalue weighted by Gasteiger charge is 2.44. The van der Waals surface area contributed by atoms with Crippen LogP contribution in [0.4, 0.5) is 13.2 Å². The maximum atomic E-state index is 12.8. The van der Waals surface area contributed by atoms with Gasteiger partial charge in [0.25, 0.3) is 0 Å². The van der Waals surface area contributed by atoms with Crippen LogP contribution in [0.25, 0.3) is 0 Å². The van der Waals surface area contributed by atoms with Crippen molar-refractivity contribution in [2.75, 3.05) is 26.2 Å². The second kappa shape index (κ2) is 10.4. The van der Waals surface area contributed by atoms with Crippen LogP contribution < -0.4 is 5.32 Å². The Morgan fingerprint density at radius 1 is 1.24 bits per heavy atom. The van der Waals surface area contributed by atoms with Crippen molar-refractivity contribution in [2.24, 2.45) is 5.92 Å². The molecule has 1 aliphatic carbocycles. The first-order valence-corrected chi connectivity index (χ1v) is 12.0. The number of alkyl halides is 3. The van der Waals surface area contributed by atoms with Crippen molar-refractivity contribution in [1.82, 2.24) is 20.4 Å². The van der Waals surface area contributed by atoms with E-state index in [9.17, 15) is 13.2 Å². The smallest absolute Gasteiger partial charge is 0.338 e. The van der Waals surface area contributed by atoms with Gasteiger partial charge in [-0.1, -0.05) is 60.1 Å². The van der Waals surface area contributed by atoms with Gasteiger partial charge in [-0.15, -0.1) is 0 Å².